The molecule has 0 spiro atoms. The predicted octanol–water partition coefficient (Wildman–Crippen LogP) is 7.23. The summed E-state index contributed by atoms with van der Waals surface area (Å²) in [4.78, 5) is 8.91. The van der Waals surface area contributed by atoms with E-state index in [9.17, 15) is 0 Å². The van der Waals surface area contributed by atoms with Gasteiger partial charge in [-0.05, 0) is 66.7 Å². The topological polar surface area (TPSA) is 49.8 Å². The van der Waals surface area contributed by atoms with Gasteiger partial charge in [-0.2, -0.15) is 0 Å². The highest BCUT2D eigenvalue weighted by atomic mass is 32.1. The number of benzene rings is 1. The Labute approximate surface area is 200 Å². The summed E-state index contributed by atoms with van der Waals surface area (Å²) in [5.41, 5.74) is 5.52. The number of hydrogen-bond donors (Lipinski definition) is 2. The van der Waals surface area contributed by atoms with E-state index in [0.717, 1.165) is 45.0 Å². The number of pyridine rings is 1. The number of nitrogens with zero attached hydrogens (tertiary/aromatic N) is 2. The highest BCUT2D eigenvalue weighted by Gasteiger charge is 2.17. The summed E-state index contributed by atoms with van der Waals surface area (Å²) in [6, 6.07) is 10.4. The van der Waals surface area contributed by atoms with Gasteiger partial charge in [0.25, 0.3) is 0 Å². The van der Waals surface area contributed by atoms with Gasteiger partial charge in [0.15, 0.2) is 5.11 Å². The lowest BCUT2D eigenvalue weighted by Gasteiger charge is -2.23. The number of hydrogen-bond acceptors (Lipinski definition) is 4. The van der Waals surface area contributed by atoms with Crippen molar-refractivity contribution in [2.75, 3.05) is 5.32 Å². The van der Waals surface area contributed by atoms with Crippen LogP contribution in [0.1, 0.15) is 51.1 Å². The number of allylic oxidation sites excluding steroid dienone is 5. The summed E-state index contributed by atoms with van der Waals surface area (Å²) >= 11 is 7.14. The number of nitrogens with one attached hydrogen (secondary N) is 2. The molecule has 3 aromatic rings. The first-order valence-corrected chi connectivity index (χ1v) is 11.9. The third-order valence-corrected chi connectivity index (χ3v) is 6.82. The number of anilines is 1. The fraction of sp³-hybridized carbons (Fsp3) is 0.269. The van der Waals surface area contributed by atoms with Crippen LogP contribution in [0.5, 0.6) is 0 Å². The summed E-state index contributed by atoms with van der Waals surface area (Å²) in [7, 11) is 0. The van der Waals surface area contributed by atoms with E-state index in [0.29, 0.717) is 5.11 Å². The molecule has 0 saturated carbocycles. The van der Waals surface area contributed by atoms with Gasteiger partial charge in [-0.25, -0.2) is 4.98 Å². The van der Waals surface area contributed by atoms with Crippen LogP contribution in [0.15, 0.2) is 73.2 Å². The fourth-order valence-corrected chi connectivity index (χ4v) is 4.40. The minimum absolute atomic E-state index is 0.174. The normalized spacial score (nSPS) is 12.6. The quantitative estimate of drug-likeness (QED) is 0.273. The zero-order chi connectivity index (χ0) is 23.1. The second-order valence-electron chi connectivity index (χ2n) is 8.28. The van der Waals surface area contributed by atoms with Gasteiger partial charge in [0, 0.05) is 23.8 Å². The van der Waals surface area contributed by atoms with Crippen LogP contribution < -0.4 is 10.6 Å². The van der Waals surface area contributed by atoms with Crippen LogP contribution in [0, 0.1) is 0 Å². The molecule has 0 radical (unpaired) electrons. The van der Waals surface area contributed by atoms with Crippen LogP contribution in [-0.2, 0) is 5.41 Å². The van der Waals surface area contributed by atoms with Crippen molar-refractivity contribution in [1.29, 1.82) is 0 Å². The van der Waals surface area contributed by atoms with Crippen molar-refractivity contribution >= 4 is 50.1 Å². The molecule has 2 N–H and O–H groups in total. The average Bonchev–Trinajstić information content (AvgIpc) is 3.21. The highest BCUT2D eigenvalue weighted by Crippen LogP contribution is 2.29. The number of thiocarbonyl (C=S) groups is 1. The zero-order valence-corrected chi connectivity index (χ0v) is 20.7. The maximum atomic E-state index is 5.50. The number of rotatable bonds is 8. The second-order valence-corrected chi connectivity index (χ2v) is 9.71. The molecule has 6 heteroatoms. The van der Waals surface area contributed by atoms with Crippen LogP contribution in [0.4, 0.5) is 5.69 Å². The van der Waals surface area contributed by atoms with E-state index in [1.54, 1.807) is 23.6 Å². The summed E-state index contributed by atoms with van der Waals surface area (Å²) in [6.07, 6.45) is 11.4. The first-order valence-electron chi connectivity index (χ1n) is 10.7. The summed E-state index contributed by atoms with van der Waals surface area (Å²) in [6.45, 7) is 12.6. The Morgan fingerprint density at radius 1 is 1.22 bits per heavy atom. The van der Waals surface area contributed by atoms with E-state index in [4.69, 9.17) is 17.2 Å². The molecule has 0 bridgehead atoms. The van der Waals surface area contributed by atoms with Gasteiger partial charge in [-0.1, -0.05) is 57.7 Å². The zero-order valence-electron chi connectivity index (χ0n) is 19.1. The molecule has 0 atom stereocenters. The van der Waals surface area contributed by atoms with Crippen LogP contribution in [0.25, 0.3) is 15.8 Å². The molecule has 0 amide bonds. The Bertz CT molecular complexity index is 1120. The number of fused-ring (bicyclic) bond motifs is 1. The van der Waals surface area contributed by atoms with E-state index in [1.807, 2.05) is 25.3 Å². The minimum Gasteiger partial charge on any atom is -0.337 e. The smallest absolute Gasteiger partial charge is 0.174 e. The lowest BCUT2D eigenvalue weighted by Crippen LogP contribution is -2.26. The molecule has 0 fully saturated rings. The van der Waals surface area contributed by atoms with E-state index >= 15 is 0 Å². The molecule has 0 aliphatic heterocycles. The van der Waals surface area contributed by atoms with Crippen molar-refractivity contribution < 1.29 is 0 Å². The van der Waals surface area contributed by atoms with Crippen LogP contribution in [0.3, 0.4) is 0 Å². The molecule has 4 nitrogen and oxygen atoms in total. The fourth-order valence-electron chi connectivity index (χ4n) is 3.15. The molecule has 2 heterocycles. The molecule has 0 aliphatic carbocycles. The minimum atomic E-state index is 0.174. The molecule has 3 rings (SSSR count). The van der Waals surface area contributed by atoms with Crippen LogP contribution >= 0.6 is 23.6 Å². The van der Waals surface area contributed by atoms with Crippen LogP contribution in [-0.4, -0.2) is 15.1 Å². The Morgan fingerprint density at radius 3 is 2.62 bits per heavy atom. The summed E-state index contributed by atoms with van der Waals surface area (Å²) < 4.78 is 1.08. The van der Waals surface area contributed by atoms with Gasteiger partial charge in [0.1, 0.15) is 5.01 Å². The van der Waals surface area contributed by atoms with Gasteiger partial charge in [-0.15, -0.1) is 11.3 Å². The van der Waals surface area contributed by atoms with Gasteiger partial charge < -0.3 is 10.6 Å². The average molecular weight is 463 g/mol. The molecule has 32 heavy (non-hydrogen) atoms. The molecular weight excluding hydrogens is 432 g/mol. The Balaban J connectivity index is 1.62. The molecule has 0 aliphatic rings. The standard InChI is InChI=1S/C26H30N4S2/c1-6-8-19(24-30-22-15-16-27-17-23(22)32-24)10-9-18(3)28-25(31)29-21-13-11-20(12-14-21)26(4,5)7-2/h6,8-9,11-17H,1,7,10H2,2-5H3,(H2,28,29,31)/b18-9+,19-8+. The van der Waals surface area contributed by atoms with E-state index in [-0.39, 0.29) is 5.41 Å². The Hall–Kier alpha value is -2.83. The van der Waals surface area contributed by atoms with Crippen molar-refractivity contribution in [1.82, 2.24) is 15.3 Å². The van der Waals surface area contributed by atoms with E-state index in [1.165, 1.54) is 5.56 Å². The SMILES string of the molecule is C=C/C=C(\C/C=C(\C)NC(=S)Nc1ccc(C(C)(C)CC)cc1)c1nc2ccncc2s1. The summed E-state index contributed by atoms with van der Waals surface area (Å²) in [5, 5.41) is 8.07. The summed E-state index contributed by atoms with van der Waals surface area (Å²) in [5.74, 6) is 0. The lowest BCUT2D eigenvalue weighted by molar-refractivity contribution is 0.506. The van der Waals surface area contributed by atoms with Crippen molar-refractivity contribution in [2.24, 2.45) is 0 Å². The molecule has 1 aromatic carbocycles. The second kappa shape index (κ2) is 10.7. The molecule has 0 unspecified atom stereocenters. The molecule has 0 saturated heterocycles. The van der Waals surface area contributed by atoms with Gasteiger partial charge >= 0.3 is 0 Å². The van der Waals surface area contributed by atoms with Crippen molar-refractivity contribution in [3.8, 4) is 0 Å². The molecular formula is C26H30N4S2. The van der Waals surface area contributed by atoms with Gasteiger partial charge in [0.2, 0.25) is 0 Å². The predicted molar refractivity (Wildman–Crippen MR) is 143 cm³/mol. The van der Waals surface area contributed by atoms with E-state index < -0.39 is 0 Å². The first-order chi connectivity index (χ1) is 15.3. The maximum absolute atomic E-state index is 5.50. The van der Waals surface area contributed by atoms with Crippen LogP contribution in [0.2, 0.25) is 0 Å². The Kier molecular flexibility index (Phi) is 7.94. The monoisotopic (exact) mass is 462 g/mol. The van der Waals surface area contributed by atoms with Crippen molar-refractivity contribution in [3.05, 3.63) is 83.8 Å². The maximum Gasteiger partial charge on any atom is 0.174 e. The third kappa shape index (κ3) is 6.11. The van der Waals surface area contributed by atoms with E-state index in [2.05, 4.69) is 73.3 Å². The third-order valence-electron chi connectivity index (χ3n) is 5.53. The largest absolute Gasteiger partial charge is 0.337 e. The van der Waals surface area contributed by atoms with Gasteiger partial charge in [0.05, 0.1) is 10.2 Å². The van der Waals surface area contributed by atoms with Gasteiger partial charge in [-0.3, -0.25) is 4.98 Å². The molecule has 166 valence electrons. The van der Waals surface area contributed by atoms with Crippen molar-refractivity contribution in [2.45, 2.75) is 46.0 Å². The number of thiazole rings is 1. The first kappa shape index (κ1) is 23.8. The lowest BCUT2D eigenvalue weighted by atomic mass is 9.82. The van der Waals surface area contributed by atoms with Crippen molar-refractivity contribution in [3.63, 3.8) is 0 Å². The molecule has 2 aromatic heterocycles. The highest BCUT2D eigenvalue weighted by molar-refractivity contribution is 7.80. The Morgan fingerprint density at radius 2 is 1.97 bits per heavy atom. The number of aromatic nitrogens is 2.